The SMILES string of the molecule is CN(C(=O)c1n[nH]c2c1COCC2)c1nc(-c2ccccc2)cs1. The number of H-pyrrole nitrogens is 1. The van der Waals surface area contributed by atoms with Gasteiger partial charge in [-0.2, -0.15) is 5.10 Å². The van der Waals surface area contributed by atoms with Gasteiger partial charge in [-0.05, 0) is 0 Å². The summed E-state index contributed by atoms with van der Waals surface area (Å²) in [5.74, 6) is -0.174. The van der Waals surface area contributed by atoms with Gasteiger partial charge in [0, 0.05) is 35.7 Å². The molecule has 1 amide bonds. The second-order valence-electron chi connectivity index (χ2n) is 5.58. The van der Waals surface area contributed by atoms with Crippen molar-refractivity contribution in [2.24, 2.45) is 0 Å². The lowest BCUT2D eigenvalue weighted by Gasteiger charge is -2.15. The summed E-state index contributed by atoms with van der Waals surface area (Å²) in [6.07, 6.45) is 0.759. The standard InChI is InChI=1S/C17H16N4O2S/c1-21(16(22)15-12-9-23-8-7-13(12)19-20-15)17-18-14(10-24-17)11-5-3-2-4-6-11/h2-6,10H,7-9H2,1H3,(H,19,20). The number of thiazole rings is 1. The van der Waals surface area contributed by atoms with Crippen molar-refractivity contribution in [3.05, 3.63) is 52.7 Å². The molecule has 0 spiro atoms. The molecule has 0 unspecified atom stereocenters. The number of nitrogens with zero attached hydrogens (tertiary/aromatic N) is 3. The number of carbonyl (C=O) groups excluding carboxylic acids is 1. The van der Waals surface area contributed by atoms with Gasteiger partial charge in [0.15, 0.2) is 10.8 Å². The Labute approximate surface area is 143 Å². The second kappa shape index (κ2) is 6.18. The van der Waals surface area contributed by atoms with Crippen molar-refractivity contribution in [2.75, 3.05) is 18.6 Å². The van der Waals surface area contributed by atoms with E-state index in [2.05, 4.69) is 15.2 Å². The molecule has 0 aliphatic carbocycles. The van der Waals surface area contributed by atoms with Gasteiger partial charge in [-0.15, -0.1) is 11.3 Å². The molecular formula is C17H16N4O2S. The topological polar surface area (TPSA) is 71.1 Å². The van der Waals surface area contributed by atoms with Gasteiger partial charge in [0.2, 0.25) is 0 Å². The van der Waals surface area contributed by atoms with Gasteiger partial charge in [0.05, 0.1) is 18.9 Å². The molecule has 24 heavy (non-hydrogen) atoms. The summed E-state index contributed by atoms with van der Waals surface area (Å²) in [6, 6.07) is 9.91. The third-order valence-corrected chi connectivity index (χ3v) is 4.97. The van der Waals surface area contributed by atoms with Crippen LogP contribution in [0.2, 0.25) is 0 Å². The number of hydrogen-bond donors (Lipinski definition) is 1. The second-order valence-corrected chi connectivity index (χ2v) is 6.41. The fourth-order valence-corrected chi connectivity index (χ4v) is 3.49. The minimum atomic E-state index is -0.174. The lowest BCUT2D eigenvalue weighted by atomic mass is 10.1. The summed E-state index contributed by atoms with van der Waals surface area (Å²) in [7, 11) is 1.72. The predicted octanol–water partition coefficient (Wildman–Crippen LogP) is 2.88. The normalized spacial score (nSPS) is 13.5. The molecule has 2 aromatic heterocycles. The molecule has 1 aliphatic heterocycles. The Kier molecular flexibility index (Phi) is 3.87. The van der Waals surface area contributed by atoms with Crippen molar-refractivity contribution in [3.63, 3.8) is 0 Å². The number of carbonyl (C=O) groups is 1. The average Bonchev–Trinajstić information content (AvgIpc) is 3.28. The van der Waals surface area contributed by atoms with Crippen molar-refractivity contribution in [1.82, 2.24) is 15.2 Å². The number of fused-ring (bicyclic) bond motifs is 1. The van der Waals surface area contributed by atoms with E-state index in [1.165, 1.54) is 11.3 Å². The Balaban J connectivity index is 1.60. The fraction of sp³-hybridized carbons (Fsp3) is 0.235. The van der Waals surface area contributed by atoms with Crippen LogP contribution in [0.1, 0.15) is 21.7 Å². The highest BCUT2D eigenvalue weighted by Crippen LogP contribution is 2.28. The molecule has 0 fully saturated rings. The first kappa shape index (κ1) is 15.0. The highest BCUT2D eigenvalue weighted by molar-refractivity contribution is 7.14. The molecule has 0 saturated heterocycles. The van der Waals surface area contributed by atoms with Crippen molar-refractivity contribution in [3.8, 4) is 11.3 Å². The average molecular weight is 340 g/mol. The minimum Gasteiger partial charge on any atom is -0.376 e. The molecule has 0 saturated carbocycles. The van der Waals surface area contributed by atoms with Crippen LogP contribution >= 0.6 is 11.3 Å². The third-order valence-electron chi connectivity index (χ3n) is 4.05. The van der Waals surface area contributed by atoms with Crippen LogP contribution in [0.5, 0.6) is 0 Å². The van der Waals surface area contributed by atoms with Gasteiger partial charge in [-0.25, -0.2) is 4.98 Å². The first-order chi connectivity index (χ1) is 11.7. The van der Waals surface area contributed by atoms with Gasteiger partial charge in [0.1, 0.15) is 0 Å². The van der Waals surface area contributed by atoms with E-state index in [1.54, 1.807) is 11.9 Å². The van der Waals surface area contributed by atoms with Crippen molar-refractivity contribution in [1.29, 1.82) is 0 Å². The highest BCUT2D eigenvalue weighted by atomic mass is 32.1. The summed E-state index contributed by atoms with van der Waals surface area (Å²) in [5.41, 5.74) is 4.16. The van der Waals surface area contributed by atoms with E-state index in [9.17, 15) is 4.79 Å². The highest BCUT2D eigenvalue weighted by Gasteiger charge is 2.26. The zero-order valence-corrected chi connectivity index (χ0v) is 14.0. The van der Waals surface area contributed by atoms with Gasteiger partial charge >= 0.3 is 0 Å². The third kappa shape index (κ3) is 2.61. The first-order valence-electron chi connectivity index (χ1n) is 7.67. The van der Waals surface area contributed by atoms with Crippen molar-refractivity contribution >= 4 is 22.4 Å². The van der Waals surface area contributed by atoms with Crippen LogP contribution in [-0.2, 0) is 17.8 Å². The number of rotatable bonds is 3. The molecule has 6 nitrogen and oxygen atoms in total. The van der Waals surface area contributed by atoms with E-state index in [0.717, 1.165) is 28.9 Å². The van der Waals surface area contributed by atoms with Crippen LogP contribution in [0, 0.1) is 0 Å². The van der Waals surface area contributed by atoms with Crippen LogP contribution in [0.4, 0.5) is 5.13 Å². The van der Waals surface area contributed by atoms with Crippen LogP contribution in [-0.4, -0.2) is 34.7 Å². The summed E-state index contributed by atoms with van der Waals surface area (Å²) < 4.78 is 5.45. The molecule has 0 atom stereocenters. The Morgan fingerprint density at radius 2 is 2.17 bits per heavy atom. The number of anilines is 1. The molecule has 4 rings (SSSR count). The molecule has 7 heteroatoms. The van der Waals surface area contributed by atoms with Crippen molar-refractivity contribution in [2.45, 2.75) is 13.0 Å². The van der Waals surface area contributed by atoms with E-state index in [0.29, 0.717) is 24.0 Å². The first-order valence-corrected chi connectivity index (χ1v) is 8.55. The number of nitrogens with one attached hydrogen (secondary N) is 1. The van der Waals surface area contributed by atoms with E-state index in [4.69, 9.17) is 4.74 Å². The smallest absolute Gasteiger partial charge is 0.280 e. The zero-order valence-electron chi connectivity index (χ0n) is 13.2. The molecular weight excluding hydrogens is 324 g/mol. The lowest BCUT2D eigenvalue weighted by Crippen LogP contribution is -2.28. The maximum atomic E-state index is 12.8. The molecule has 1 aliphatic rings. The van der Waals surface area contributed by atoms with Gasteiger partial charge < -0.3 is 4.74 Å². The van der Waals surface area contributed by atoms with E-state index in [1.807, 2.05) is 35.7 Å². The molecule has 3 heterocycles. The van der Waals surface area contributed by atoms with Gasteiger partial charge in [-0.3, -0.25) is 14.8 Å². The number of benzene rings is 1. The Hall–Kier alpha value is -2.51. The number of aromatic amines is 1. The number of ether oxygens (including phenoxy) is 1. The van der Waals surface area contributed by atoms with Gasteiger partial charge in [0.25, 0.3) is 5.91 Å². The monoisotopic (exact) mass is 340 g/mol. The van der Waals surface area contributed by atoms with Gasteiger partial charge in [-0.1, -0.05) is 30.3 Å². The van der Waals surface area contributed by atoms with E-state index < -0.39 is 0 Å². The predicted molar refractivity (Wildman–Crippen MR) is 92.2 cm³/mol. The van der Waals surface area contributed by atoms with Crippen LogP contribution in [0.15, 0.2) is 35.7 Å². The Bertz CT molecular complexity index is 872. The van der Waals surface area contributed by atoms with Crippen molar-refractivity contribution < 1.29 is 9.53 Å². The lowest BCUT2D eigenvalue weighted by molar-refractivity contribution is 0.0960. The summed E-state index contributed by atoms with van der Waals surface area (Å²) >= 11 is 1.44. The molecule has 1 N–H and O–H groups in total. The Morgan fingerprint density at radius 1 is 1.33 bits per heavy atom. The summed E-state index contributed by atoms with van der Waals surface area (Å²) in [4.78, 5) is 18.9. The molecule has 122 valence electrons. The Morgan fingerprint density at radius 3 is 3.00 bits per heavy atom. The molecule has 0 radical (unpaired) electrons. The van der Waals surface area contributed by atoms with Crippen LogP contribution in [0.25, 0.3) is 11.3 Å². The van der Waals surface area contributed by atoms with Crippen LogP contribution < -0.4 is 4.90 Å². The minimum absolute atomic E-state index is 0.174. The quantitative estimate of drug-likeness (QED) is 0.796. The maximum Gasteiger partial charge on any atom is 0.280 e. The number of amides is 1. The largest absolute Gasteiger partial charge is 0.376 e. The summed E-state index contributed by atoms with van der Waals surface area (Å²) in [5, 5.41) is 9.74. The van der Waals surface area contributed by atoms with E-state index in [-0.39, 0.29) is 5.91 Å². The fourth-order valence-electron chi connectivity index (χ4n) is 2.69. The van der Waals surface area contributed by atoms with Crippen LogP contribution in [0.3, 0.4) is 0 Å². The zero-order chi connectivity index (χ0) is 16.5. The number of hydrogen-bond acceptors (Lipinski definition) is 5. The molecule has 3 aromatic rings. The molecule has 0 bridgehead atoms. The summed E-state index contributed by atoms with van der Waals surface area (Å²) in [6.45, 7) is 1.08. The molecule has 1 aromatic carbocycles. The van der Waals surface area contributed by atoms with E-state index >= 15 is 0 Å². The maximum absolute atomic E-state index is 12.8. The number of aromatic nitrogens is 3.